The molecule has 220 valence electrons. The van der Waals surface area contributed by atoms with E-state index >= 15 is 0 Å². The molecule has 47 heavy (non-hydrogen) atoms. The fraction of sp³-hybridized carbons (Fsp3) is 0. The molecule has 7 aromatic carbocycles. The Morgan fingerprint density at radius 1 is 0.383 bits per heavy atom. The number of para-hydroxylation sites is 4. The van der Waals surface area contributed by atoms with Gasteiger partial charge in [-0.2, -0.15) is 0 Å². The molecule has 0 saturated carbocycles. The molecular formula is C44H28N2O. The van der Waals surface area contributed by atoms with Crippen molar-refractivity contribution in [2.75, 3.05) is 0 Å². The van der Waals surface area contributed by atoms with Crippen molar-refractivity contribution < 1.29 is 4.42 Å². The molecule has 3 nitrogen and oxygen atoms in total. The lowest BCUT2D eigenvalue weighted by atomic mass is 10.00. The SMILES string of the molecule is c1ccc(-c2cccc3c2oc2c(-c4ccc(-n5ccc6ccc7c8ccccc8n(-c8ccccc8)c7c65)cc4)cccc23)cc1. The molecule has 0 aliphatic rings. The second-order valence-corrected chi connectivity index (χ2v) is 12.2. The lowest BCUT2D eigenvalue weighted by molar-refractivity contribution is 0.671. The second-order valence-electron chi connectivity index (χ2n) is 12.2. The lowest BCUT2D eigenvalue weighted by Crippen LogP contribution is -1.97. The van der Waals surface area contributed by atoms with Crippen LogP contribution in [0.25, 0.3) is 88.3 Å². The number of hydrogen-bond acceptors (Lipinski definition) is 1. The predicted molar refractivity (Wildman–Crippen MR) is 196 cm³/mol. The van der Waals surface area contributed by atoms with Crippen LogP contribution >= 0.6 is 0 Å². The monoisotopic (exact) mass is 600 g/mol. The van der Waals surface area contributed by atoms with Crippen LogP contribution in [0.4, 0.5) is 0 Å². The Morgan fingerprint density at radius 2 is 1.00 bits per heavy atom. The Bertz CT molecular complexity index is 2760. The highest BCUT2D eigenvalue weighted by molar-refractivity contribution is 6.18. The molecule has 3 heterocycles. The number of nitrogens with zero attached hydrogens (tertiary/aromatic N) is 2. The van der Waals surface area contributed by atoms with E-state index in [1.54, 1.807) is 0 Å². The Kier molecular flexibility index (Phi) is 5.57. The maximum atomic E-state index is 6.71. The van der Waals surface area contributed by atoms with Crippen molar-refractivity contribution in [3.05, 3.63) is 170 Å². The summed E-state index contributed by atoms with van der Waals surface area (Å²) < 4.78 is 11.4. The van der Waals surface area contributed by atoms with Gasteiger partial charge in [-0.15, -0.1) is 0 Å². The van der Waals surface area contributed by atoms with Crippen molar-refractivity contribution in [2.45, 2.75) is 0 Å². The third-order valence-corrected chi connectivity index (χ3v) is 9.57. The summed E-state index contributed by atoms with van der Waals surface area (Å²) in [6.07, 6.45) is 2.19. The van der Waals surface area contributed by atoms with E-state index in [4.69, 9.17) is 4.42 Å². The van der Waals surface area contributed by atoms with Crippen molar-refractivity contribution in [1.29, 1.82) is 0 Å². The number of fused-ring (bicyclic) bond motifs is 8. The number of rotatable bonds is 4. The van der Waals surface area contributed by atoms with E-state index in [1.165, 1.54) is 32.7 Å². The van der Waals surface area contributed by atoms with Gasteiger partial charge in [0.15, 0.2) is 0 Å². The average molecular weight is 601 g/mol. The third-order valence-electron chi connectivity index (χ3n) is 9.57. The molecule has 0 fully saturated rings. The molecule has 0 bridgehead atoms. The van der Waals surface area contributed by atoms with Crippen molar-refractivity contribution in [3.8, 4) is 33.6 Å². The van der Waals surface area contributed by atoms with E-state index in [0.29, 0.717) is 0 Å². The topological polar surface area (TPSA) is 23.0 Å². The minimum Gasteiger partial charge on any atom is -0.455 e. The van der Waals surface area contributed by atoms with E-state index in [1.807, 2.05) is 6.07 Å². The van der Waals surface area contributed by atoms with Crippen molar-refractivity contribution in [3.63, 3.8) is 0 Å². The molecule has 3 heteroatoms. The maximum absolute atomic E-state index is 6.71. The van der Waals surface area contributed by atoms with Gasteiger partial charge < -0.3 is 13.6 Å². The van der Waals surface area contributed by atoms with Crippen molar-refractivity contribution >= 4 is 54.6 Å². The molecular weight excluding hydrogens is 572 g/mol. The zero-order valence-electron chi connectivity index (χ0n) is 25.5. The summed E-state index contributed by atoms with van der Waals surface area (Å²) in [6, 6.07) is 58.3. The first-order valence-corrected chi connectivity index (χ1v) is 16.0. The van der Waals surface area contributed by atoms with Crippen LogP contribution in [0.5, 0.6) is 0 Å². The van der Waals surface area contributed by atoms with Crippen LogP contribution in [-0.4, -0.2) is 9.13 Å². The molecule has 0 N–H and O–H groups in total. The van der Waals surface area contributed by atoms with Gasteiger partial charge in [-0.1, -0.05) is 127 Å². The van der Waals surface area contributed by atoms with Gasteiger partial charge in [0.05, 0.1) is 16.6 Å². The van der Waals surface area contributed by atoms with Crippen LogP contribution in [0.1, 0.15) is 0 Å². The molecule has 0 aliphatic carbocycles. The molecule has 0 atom stereocenters. The summed E-state index contributed by atoms with van der Waals surface area (Å²) >= 11 is 0. The molecule has 0 aliphatic heterocycles. The Balaban J connectivity index is 1.14. The summed E-state index contributed by atoms with van der Waals surface area (Å²) in [5, 5.41) is 5.98. The first-order valence-electron chi connectivity index (χ1n) is 16.0. The molecule has 0 radical (unpaired) electrons. The first-order chi connectivity index (χ1) is 23.3. The molecule has 10 rings (SSSR count). The number of hydrogen-bond donors (Lipinski definition) is 0. The summed E-state index contributed by atoms with van der Waals surface area (Å²) in [6.45, 7) is 0. The van der Waals surface area contributed by atoms with E-state index < -0.39 is 0 Å². The van der Waals surface area contributed by atoms with Gasteiger partial charge in [-0.25, -0.2) is 0 Å². The highest BCUT2D eigenvalue weighted by Gasteiger charge is 2.19. The zero-order valence-corrected chi connectivity index (χ0v) is 25.5. The van der Waals surface area contributed by atoms with Gasteiger partial charge in [0, 0.05) is 55.6 Å². The van der Waals surface area contributed by atoms with Crippen LogP contribution in [-0.2, 0) is 0 Å². The quantitative estimate of drug-likeness (QED) is 0.197. The summed E-state index contributed by atoms with van der Waals surface area (Å²) in [4.78, 5) is 0. The van der Waals surface area contributed by atoms with Gasteiger partial charge in [0.25, 0.3) is 0 Å². The van der Waals surface area contributed by atoms with Gasteiger partial charge in [0.2, 0.25) is 0 Å². The van der Waals surface area contributed by atoms with E-state index in [0.717, 1.165) is 55.6 Å². The second kappa shape index (κ2) is 10.1. The maximum Gasteiger partial charge on any atom is 0.143 e. The molecule has 0 saturated heterocycles. The molecule has 0 spiro atoms. The Hall–Kier alpha value is -6.32. The van der Waals surface area contributed by atoms with Crippen LogP contribution in [0.3, 0.4) is 0 Å². The summed E-state index contributed by atoms with van der Waals surface area (Å²) in [5.74, 6) is 0. The number of furan rings is 1. The smallest absolute Gasteiger partial charge is 0.143 e. The van der Waals surface area contributed by atoms with Crippen LogP contribution in [0, 0.1) is 0 Å². The van der Waals surface area contributed by atoms with Crippen LogP contribution in [0.2, 0.25) is 0 Å². The molecule has 10 aromatic rings. The Morgan fingerprint density at radius 3 is 1.72 bits per heavy atom. The third kappa shape index (κ3) is 3.87. The summed E-state index contributed by atoms with van der Waals surface area (Å²) in [7, 11) is 0. The predicted octanol–water partition coefficient (Wildman–Crippen LogP) is 12.0. The summed E-state index contributed by atoms with van der Waals surface area (Å²) in [5.41, 5.74) is 12.2. The molecule has 3 aromatic heterocycles. The lowest BCUT2D eigenvalue weighted by Gasteiger charge is -2.12. The minimum absolute atomic E-state index is 0.916. The number of aromatic nitrogens is 2. The van der Waals surface area contributed by atoms with E-state index in [9.17, 15) is 0 Å². The first kappa shape index (κ1) is 26.0. The zero-order chi connectivity index (χ0) is 30.9. The largest absolute Gasteiger partial charge is 0.455 e. The fourth-order valence-corrected chi connectivity index (χ4v) is 7.43. The molecule has 0 unspecified atom stereocenters. The van der Waals surface area contributed by atoms with Crippen molar-refractivity contribution in [2.24, 2.45) is 0 Å². The van der Waals surface area contributed by atoms with Gasteiger partial charge in [-0.3, -0.25) is 0 Å². The Labute approximate surface area is 271 Å². The number of benzene rings is 7. The average Bonchev–Trinajstić information content (AvgIpc) is 3.84. The van der Waals surface area contributed by atoms with Crippen LogP contribution < -0.4 is 0 Å². The minimum atomic E-state index is 0.916. The standard InChI is InChI=1S/C44H28N2O/c1-3-11-29(12-4-1)34-16-9-18-38-39-19-10-17-35(44(39)47-43(34)38)30-21-24-32(25-22-30)45-28-27-31-23-26-37-36-15-7-8-20-40(36)46(42(37)41(31)45)33-13-5-2-6-14-33/h1-28H. The fourth-order valence-electron chi connectivity index (χ4n) is 7.43. The highest BCUT2D eigenvalue weighted by atomic mass is 16.3. The molecule has 0 amide bonds. The van der Waals surface area contributed by atoms with Crippen molar-refractivity contribution in [1.82, 2.24) is 9.13 Å². The normalized spacial score (nSPS) is 11.8. The van der Waals surface area contributed by atoms with E-state index in [-0.39, 0.29) is 0 Å². The van der Waals surface area contributed by atoms with Gasteiger partial charge in [-0.05, 0) is 47.5 Å². The van der Waals surface area contributed by atoms with Gasteiger partial charge in [0.1, 0.15) is 11.2 Å². The van der Waals surface area contributed by atoms with E-state index in [2.05, 4.69) is 173 Å². The van der Waals surface area contributed by atoms with Crippen LogP contribution in [0.15, 0.2) is 174 Å². The highest BCUT2D eigenvalue weighted by Crippen LogP contribution is 2.41. The van der Waals surface area contributed by atoms with Gasteiger partial charge >= 0.3 is 0 Å².